The summed E-state index contributed by atoms with van der Waals surface area (Å²) >= 11 is 0. The lowest BCUT2D eigenvalue weighted by molar-refractivity contribution is -0.135. The Labute approximate surface area is 75.0 Å². The third kappa shape index (κ3) is 2.14. The van der Waals surface area contributed by atoms with E-state index in [4.69, 9.17) is 0 Å². The SMILES string of the molecule is COC(=O)/C=C/N1C(=O)CCC1=O. The third-order valence-corrected chi connectivity index (χ3v) is 1.65. The summed E-state index contributed by atoms with van der Waals surface area (Å²) in [6.07, 6.45) is 2.61. The van der Waals surface area contributed by atoms with Crippen molar-refractivity contribution < 1.29 is 19.1 Å². The number of imide groups is 1. The first kappa shape index (κ1) is 9.44. The Morgan fingerprint density at radius 3 is 2.38 bits per heavy atom. The van der Waals surface area contributed by atoms with Crippen LogP contribution in [0.25, 0.3) is 0 Å². The summed E-state index contributed by atoms with van der Waals surface area (Å²) in [4.78, 5) is 33.5. The first-order chi connectivity index (χ1) is 6.15. The minimum atomic E-state index is -0.590. The highest BCUT2D eigenvalue weighted by Crippen LogP contribution is 2.11. The maximum Gasteiger partial charge on any atom is 0.331 e. The molecule has 1 fully saturated rings. The minimum Gasteiger partial charge on any atom is -0.466 e. The molecule has 1 rings (SSSR count). The van der Waals surface area contributed by atoms with E-state index in [0.29, 0.717) is 0 Å². The van der Waals surface area contributed by atoms with Crippen LogP contribution >= 0.6 is 0 Å². The van der Waals surface area contributed by atoms with E-state index in [1.54, 1.807) is 0 Å². The van der Waals surface area contributed by atoms with E-state index in [1.165, 1.54) is 7.11 Å². The molecule has 0 N–H and O–H groups in total. The molecule has 0 spiro atoms. The summed E-state index contributed by atoms with van der Waals surface area (Å²) in [5, 5.41) is 0. The van der Waals surface area contributed by atoms with Gasteiger partial charge in [0.05, 0.1) is 7.11 Å². The Morgan fingerprint density at radius 2 is 1.92 bits per heavy atom. The molecule has 0 aliphatic carbocycles. The van der Waals surface area contributed by atoms with E-state index in [0.717, 1.165) is 17.2 Å². The van der Waals surface area contributed by atoms with Gasteiger partial charge >= 0.3 is 5.97 Å². The molecule has 0 aromatic heterocycles. The van der Waals surface area contributed by atoms with E-state index < -0.39 is 5.97 Å². The molecule has 70 valence electrons. The van der Waals surface area contributed by atoms with Gasteiger partial charge in [-0.3, -0.25) is 14.5 Å². The fourth-order valence-electron chi connectivity index (χ4n) is 0.964. The molecule has 1 saturated heterocycles. The van der Waals surface area contributed by atoms with Crippen LogP contribution in [-0.2, 0) is 19.1 Å². The standard InChI is InChI=1S/C8H9NO4/c1-13-8(12)4-5-9-6(10)2-3-7(9)11/h4-5H,2-3H2,1H3/b5-4+. The predicted octanol–water partition coefficient (Wildman–Crippen LogP) is -0.178. The minimum absolute atomic E-state index is 0.213. The molecular weight excluding hydrogens is 174 g/mol. The molecule has 13 heavy (non-hydrogen) atoms. The Kier molecular flexibility index (Phi) is 2.79. The summed E-state index contributed by atoms with van der Waals surface area (Å²) < 4.78 is 4.31. The van der Waals surface area contributed by atoms with Crippen molar-refractivity contribution in [2.24, 2.45) is 0 Å². The Hall–Kier alpha value is -1.65. The predicted molar refractivity (Wildman–Crippen MR) is 42.2 cm³/mol. The number of methoxy groups -OCH3 is 1. The van der Waals surface area contributed by atoms with E-state index >= 15 is 0 Å². The molecule has 0 radical (unpaired) electrons. The summed E-state index contributed by atoms with van der Waals surface area (Å²) in [5.41, 5.74) is 0. The number of hydrogen-bond donors (Lipinski definition) is 0. The quantitative estimate of drug-likeness (QED) is 0.338. The molecule has 5 nitrogen and oxygen atoms in total. The smallest absolute Gasteiger partial charge is 0.331 e. The third-order valence-electron chi connectivity index (χ3n) is 1.65. The first-order valence-corrected chi connectivity index (χ1v) is 3.76. The summed E-state index contributed by atoms with van der Waals surface area (Å²) in [7, 11) is 1.22. The highest BCUT2D eigenvalue weighted by Gasteiger charge is 2.26. The second kappa shape index (κ2) is 3.84. The van der Waals surface area contributed by atoms with Crippen LogP contribution in [0.3, 0.4) is 0 Å². The van der Waals surface area contributed by atoms with Crippen LogP contribution in [0, 0.1) is 0 Å². The van der Waals surface area contributed by atoms with E-state index in [2.05, 4.69) is 4.74 Å². The molecule has 1 aliphatic heterocycles. The fourth-order valence-corrected chi connectivity index (χ4v) is 0.964. The number of hydrogen-bond acceptors (Lipinski definition) is 4. The first-order valence-electron chi connectivity index (χ1n) is 3.76. The van der Waals surface area contributed by atoms with Crippen molar-refractivity contribution in [2.45, 2.75) is 12.8 Å². The van der Waals surface area contributed by atoms with Crippen molar-refractivity contribution in [2.75, 3.05) is 7.11 Å². The van der Waals surface area contributed by atoms with Crippen LogP contribution in [-0.4, -0.2) is 29.8 Å². The molecule has 0 aromatic rings. The maximum absolute atomic E-state index is 11.0. The molecule has 0 bridgehead atoms. The van der Waals surface area contributed by atoms with Crippen molar-refractivity contribution in [1.29, 1.82) is 0 Å². The van der Waals surface area contributed by atoms with Gasteiger partial charge in [-0.2, -0.15) is 0 Å². The zero-order valence-electron chi connectivity index (χ0n) is 7.15. The number of nitrogens with zero attached hydrogens (tertiary/aromatic N) is 1. The number of carbonyl (C=O) groups excluding carboxylic acids is 3. The van der Waals surface area contributed by atoms with Gasteiger partial charge in [-0.25, -0.2) is 4.79 Å². The van der Waals surface area contributed by atoms with Gasteiger partial charge in [0.1, 0.15) is 0 Å². The van der Waals surface area contributed by atoms with Crippen molar-refractivity contribution in [3.8, 4) is 0 Å². The Balaban J connectivity index is 2.62. The number of ether oxygens (including phenoxy) is 1. The van der Waals surface area contributed by atoms with Gasteiger partial charge in [-0.15, -0.1) is 0 Å². The molecule has 0 unspecified atom stereocenters. The zero-order chi connectivity index (χ0) is 9.84. The molecule has 0 aromatic carbocycles. The van der Waals surface area contributed by atoms with E-state index in [9.17, 15) is 14.4 Å². The molecule has 2 amide bonds. The van der Waals surface area contributed by atoms with Gasteiger partial charge in [0, 0.05) is 25.1 Å². The average Bonchev–Trinajstić information content (AvgIpc) is 2.43. The van der Waals surface area contributed by atoms with Gasteiger partial charge in [-0.1, -0.05) is 0 Å². The van der Waals surface area contributed by atoms with Crippen molar-refractivity contribution in [3.05, 3.63) is 12.3 Å². The van der Waals surface area contributed by atoms with Crippen LogP contribution in [0.5, 0.6) is 0 Å². The van der Waals surface area contributed by atoms with Crippen LogP contribution in [0.2, 0.25) is 0 Å². The molecular formula is C8H9NO4. The normalized spacial score (nSPS) is 17.2. The molecule has 1 heterocycles. The number of esters is 1. The van der Waals surface area contributed by atoms with Gasteiger partial charge in [0.15, 0.2) is 0 Å². The van der Waals surface area contributed by atoms with E-state index in [-0.39, 0.29) is 24.7 Å². The number of carbonyl (C=O) groups is 3. The van der Waals surface area contributed by atoms with Crippen LogP contribution in [0.4, 0.5) is 0 Å². The Morgan fingerprint density at radius 1 is 1.38 bits per heavy atom. The lowest BCUT2D eigenvalue weighted by atomic mass is 10.4. The monoisotopic (exact) mass is 183 g/mol. The molecule has 0 saturated carbocycles. The van der Waals surface area contributed by atoms with E-state index in [1.807, 2.05) is 0 Å². The molecule has 5 heteroatoms. The Bertz CT molecular complexity index is 266. The number of rotatable bonds is 2. The second-order valence-corrected chi connectivity index (χ2v) is 2.50. The average molecular weight is 183 g/mol. The molecule has 0 atom stereocenters. The highest BCUT2D eigenvalue weighted by atomic mass is 16.5. The summed E-state index contributed by atoms with van der Waals surface area (Å²) in [6, 6.07) is 0. The zero-order valence-corrected chi connectivity index (χ0v) is 7.15. The highest BCUT2D eigenvalue weighted by molar-refractivity contribution is 6.03. The van der Waals surface area contributed by atoms with Gasteiger partial charge in [0.25, 0.3) is 0 Å². The van der Waals surface area contributed by atoms with Crippen molar-refractivity contribution in [3.63, 3.8) is 0 Å². The van der Waals surface area contributed by atoms with Crippen LogP contribution < -0.4 is 0 Å². The van der Waals surface area contributed by atoms with Crippen molar-refractivity contribution in [1.82, 2.24) is 4.90 Å². The van der Waals surface area contributed by atoms with Crippen LogP contribution in [0.15, 0.2) is 12.3 Å². The van der Waals surface area contributed by atoms with Gasteiger partial charge in [-0.05, 0) is 0 Å². The van der Waals surface area contributed by atoms with Gasteiger partial charge < -0.3 is 4.74 Å². The van der Waals surface area contributed by atoms with Crippen molar-refractivity contribution >= 4 is 17.8 Å². The second-order valence-electron chi connectivity index (χ2n) is 2.50. The summed E-state index contributed by atoms with van der Waals surface area (Å²) in [6.45, 7) is 0. The van der Waals surface area contributed by atoms with Crippen LogP contribution in [0.1, 0.15) is 12.8 Å². The maximum atomic E-state index is 11.0. The largest absolute Gasteiger partial charge is 0.466 e. The lowest BCUT2D eigenvalue weighted by Gasteiger charge is -2.05. The fraction of sp³-hybridized carbons (Fsp3) is 0.375. The number of amides is 2. The number of likely N-dealkylation sites (tertiary alicyclic amines) is 1. The van der Waals surface area contributed by atoms with Gasteiger partial charge in [0.2, 0.25) is 11.8 Å². The lowest BCUT2D eigenvalue weighted by Crippen LogP contribution is -2.23. The molecule has 1 aliphatic rings. The summed E-state index contributed by atoms with van der Waals surface area (Å²) in [5.74, 6) is -1.16. The topological polar surface area (TPSA) is 63.7 Å².